The van der Waals surface area contributed by atoms with Crippen molar-refractivity contribution in [1.82, 2.24) is 9.88 Å². The van der Waals surface area contributed by atoms with Gasteiger partial charge < -0.3 is 14.6 Å². The Labute approximate surface area is 175 Å². The van der Waals surface area contributed by atoms with Gasteiger partial charge in [0.05, 0.1) is 12.3 Å². The van der Waals surface area contributed by atoms with E-state index in [-0.39, 0.29) is 17.7 Å². The van der Waals surface area contributed by atoms with Crippen molar-refractivity contribution in [3.8, 4) is 0 Å². The summed E-state index contributed by atoms with van der Waals surface area (Å²) in [5.74, 6) is 1.09. The molecule has 1 aliphatic carbocycles. The Kier molecular flexibility index (Phi) is 4.99. The minimum Gasteiger partial charge on any atom is -0.440 e. The number of rotatable bonds is 5. The lowest BCUT2D eigenvalue weighted by Gasteiger charge is -2.32. The van der Waals surface area contributed by atoms with E-state index in [1.165, 1.54) is 0 Å². The molecule has 2 aliphatic rings. The number of piperidine rings is 1. The number of nitrogens with one attached hydrogen (secondary N) is 1. The molecule has 2 heterocycles. The highest BCUT2D eigenvalue weighted by Gasteiger charge is 2.30. The summed E-state index contributed by atoms with van der Waals surface area (Å²) in [6.45, 7) is 1.18. The number of aromatic nitrogens is 1. The topological polar surface area (TPSA) is 75.4 Å². The average Bonchev–Trinajstić information content (AvgIpc) is 3.54. The van der Waals surface area contributed by atoms with Crippen LogP contribution in [-0.4, -0.2) is 34.8 Å². The van der Waals surface area contributed by atoms with Crippen molar-refractivity contribution in [1.29, 1.82) is 0 Å². The highest BCUT2D eigenvalue weighted by Crippen LogP contribution is 2.40. The fourth-order valence-corrected chi connectivity index (χ4v) is 4.07. The summed E-state index contributed by atoms with van der Waals surface area (Å²) in [5, 5.41) is 3.01. The lowest BCUT2D eigenvalue weighted by atomic mass is 9.96. The van der Waals surface area contributed by atoms with E-state index in [1.54, 1.807) is 0 Å². The third kappa shape index (κ3) is 4.08. The Morgan fingerprint density at radius 1 is 1.10 bits per heavy atom. The Balaban J connectivity index is 1.22. The van der Waals surface area contributed by atoms with Crippen molar-refractivity contribution in [2.45, 2.75) is 38.0 Å². The maximum atomic E-state index is 12.9. The molecule has 1 saturated heterocycles. The second-order valence-electron chi connectivity index (χ2n) is 8.34. The van der Waals surface area contributed by atoms with Crippen LogP contribution in [0.1, 0.15) is 43.1 Å². The van der Waals surface area contributed by atoms with Gasteiger partial charge in [0.25, 0.3) is 0 Å². The molecule has 2 aromatic carbocycles. The van der Waals surface area contributed by atoms with E-state index in [0.717, 1.165) is 53.9 Å². The van der Waals surface area contributed by atoms with E-state index in [4.69, 9.17) is 4.42 Å². The fraction of sp³-hybridized carbons (Fsp3) is 0.375. The molecular formula is C24H25N3O3. The Morgan fingerprint density at radius 2 is 1.93 bits per heavy atom. The molecule has 2 fully saturated rings. The smallest absolute Gasteiger partial charge is 0.229 e. The van der Waals surface area contributed by atoms with Crippen molar-refractivity contribution in [2.75, 3.05) is 18.4 Å². The molecule has 1 aliphatic heterocycles. The maximum absolute atomic E-state index is 12.9. The van der Waals surface area contributed by atoms with Gasteiger partial charge in [-0.25, -0.2) is 4.98 Å². The van der Waals surface area contributed by atoms with Gasteiger partial charge in [-0.1, -0.05) is 30.3 Å². The molecule has 1 aromatic heterocycles. The molecule has 154 valence electrons. The van der Waals surface area contributed by atoms with Crippen LogP contribution in [0.25, 0.3) is 11.1 Å². The lowest BCUT2D eigenvalue weighted by molar-refractivity contribution is -0.133. The van der Waals surface area contributed by atoms with Crippen LogP contribution in [0.15, 0.2) is 52.9 Å². The number of hydrogen-bond donors (Lipinski definition) is 1. The van der Waals surface area contributed by atoms with E-state index >= 15 is 0 Å². The summed E-state index contributed by atoms with van der Waals surface area (Å²) in [6, 6.07) is 15.3. The molecule has 1 N–H and O–H groups in total. The average molecular weight is 403 g/mol. The molecule has 6 heteroatoms. The van der Waals surface area contributed by atoms with E-state index < -0.39 is 0 Å². The van der Waals surface area contributed by atoms with Crippen LogP contribution in [0.2, 0.25) is 0 Å². The van der Waals surface area contributed by atoms with Crippen molar-refractivity contribution in [3.63, 3.8) is 0 Å². The number of oxazole rings is 1. The largest absolute Gasteiger partial charge is 0.440 e. The van der Waals surface area contributed by atoms with Crippen LogP contribution < -0.4 is 5.32 Å². The SMILES string of the molecule is O=C(Nc1ccc2oc(C3CC3)nc2c1)C1CCCN(C(=O)Cc2ccccc2)C1. The number of nitrogens with zero attached hydrogens (tertiary/aromatic N) is 2. The zero-order chi connectivity index (χ0) is 20.5. The second-order valence-corrected chi connectivity index (χ2v) is 8.34. The van der Waals surface area contributed by atoms with Gasteiger partial charge in [-0.15, -0.1) is 0 Å². The van der Waals surface area contributed by atoms with E-state index in [0.29, 0.717) is 25.4 Å². The summed E-state index contributed by atoms with van der Waals surface area (Å²) in [4.78, 5) is 31.9. The molecule has 1 saturated carbocycles. The van der Waals surface area contributed by atoms with E-state index in [9.17, 15) is 9.59 Å². The zero-order valence-corrected chi connectivity index (χ0v) is 16.8. The molecule has 1 unspecified atom stereocenters. The Bertz CT molecular complexity index is 1070. The summed E-state index contributed by atoms with van der Waals surface area (Å²) in [6.07, 6.45) is 4.28. The summed E-state index contributed by atoms with van der Waals surface area (Å²) < 4.78 is 5.79. The van der Waals surface area contributed by atoms with E-state index in [1.807, 2.05) is 53.4 Å². The zero-order valence-electron chi connectivity index (χ0n) is 16.8. The highest BCUT2D eigenvalue weighted by atomic mass is 16.3. The van der Waals surface area contributed by atoms with Gasteiger partial charge in [-0.05, 0) is 49.4 Å². The van der Waals surface area contributed by atoms with Gasteiger partial charge in [-0.2, -0.15) is 0 Å². The van der Waals surface area contributed by atoms with Gasteiger partial charge in [0.1, 0.15) is 5.52 Å². The third-order valence-corrected chi connectivity index (χ3v) is 5.94. The fourth-order valence-electron chi connectivity index (χ4n) is 4.07. The van der Waals surface area contributed by atoms with Gasteiger partial charge >= 0.3 is 0 Å². The molecular weight excluding hydrogens is 378 g/mol. The number of carbonyl (C=O) groups is 2. The van der Waals surface area contributed by atoms with Crippen molar-refractivity contribution in [2.24, 2.45) is 5.92 Å². The molecule has 5 rings (SSSR count). The van der Waals surface area contributed by atoms with Crippen molar-refractivity contribution >= 4 is 28.6 Å². The van der Waals surface area contributed by atoms with Crippen LogP contribution in [0.4, 0.5) is 5.69 Å². The first kappa shape index (κ1) is 18.9. The van der Waals surface area contributed by atoms with Crippen molar-refractivity contribution in [3.05, 3.63) is 60.0 Å². The number of anilines is 1. The molecule has 1 atom stereocenters. The first-order chi connectivity index (χ1) is 14.7. The van der Waals surface area contributed by atoms with Crippen LogP contribution in [-0.2, 0) is 16.0 Å². The van der Waals surface area contributed by atoms with E-state index in [2.05, 4.69) is 10.3 Å². The number of carbonyl (C=O) groups excluding carboxylic acids is 2. The van der Waals surface area contributed by atoms with Crippen molar-refractivity contribution < 1.29 is 14.0 Å². The number of amides is 2. The molecule has 0 spiro atoms. The highest BCUT2D eigenvalue weighted by molar-refractivity contribution is 5.95. The monoisotopic (exact) mass is 403 g/mol. The molecule has 6 nitrogen and oxygen atoms in total. The lowest BCUT2D eigenvalue weighted by Crippen LogP contribution is -2.44. The molecule has 30 heavy (non-hydrogen) atoms. The van der Waals surface area contributed by atoms with Crippen LogP contribution in [0, 0.1) is 5.92 Å². The number of likely N-dealkylation sites (tertiary alicyclic amines) is 1. The quantitative estimate of drug-likeness (QED) is 0.695. The first-order valence-electron chi connectivity index (χ1n) is 10.7. The van der Waals surface area contributed by atoms with Gasteiger partial charge in [0.2, 0.25) is 11.8 Å². The van der Waals surface area contributed by atoms with Crippen LogP contribution >= 0.6 is 0 Å². The van der Waals surface area contributed by atoms with Gasteiger partial charge in [-0.3, -0.25) is 9.59 Å². The van der Waals surface area contributed by atoms with Gasteiger partial charge in [0, 0.05) is 24.7 Å². The number of hydrogen-bond acceptors (Lipinski definition) is 4. The maximum Gasteiger partial charge on any atom is 0.229 e. The second kappa shape index (κ2) is 7.94. The number of benzene rings is 2. The standard InChI is InChI=1S/C24H25N3O3/c28-22(13-16-5-2-1-3-6-16)27-12-4-7-18(15-27)23(29)25-19-10-11-21-20(14-19)26-24(30-21)17-8-9-17/h1-3,5-6,10-11,14,17-18H,4,7-9,12-13,15H2,(H,25,29). The molecule has 2 amide bonds. The summed E-state index contributed by atoms with van der Waals surface area (Å²) in [5.41, 5.74) is 3.25. The van der Waals surface area contributed by atoms with Crippen LogP contribution in [0.3, 0.4) is 0 Å². The number of fused-ring (bicyclic) bond motifs is 1. The predicted octanol–water partition coefficient (Wildman–Crippen LogP) is 4.13. The normalized spacial score (nSPS) is 19.1. The third-order valence-electron chi connectivity index (χ3n) is 5.94. The summed E-state index contributed by atoms with van der Waals surface area (Å²) >= 11 is 0. The van der Waals surface area contributed by atoms with Gasteiger partial charge in [0.15, 0.2) is 11.5 Å². The van der Waals surface area contributed by atoms with Crippen LogP contribution in [0.5, 0.6) is 0 Å². The Morgan fingerprint density at radius 3 is 2.73 bits per heavy atom. The molecule has 3 aromatic rings. The predicted molar refractivity (Wildman–Crippen MR) is 114 cm³/mol. The minimum absolute atomic E-state index is 0.0440. The minimum atomic E-state index is -0.200. The summed E-state index contributed by atoms with van der Waals surface area (Å²) in [7, 11) is 0. The molecule has 0 bridgehead atoms. The molecule has 0 radical (unpaired) electrons. The Hall–Kier alpha value is -3.15. The first-order valence-corrected chi connectivity index (χ1v) is 10.7.